The Labute approximate surface area is 354 Å². The summed E-state index contributed by atoms with van der Waals surface area (Å²) in [5.41, 5.74) is 14.0. The van der Waals surface area contributed by atoms with Crippen LogP contribution in [-0.4, -0.2) is 28.0 Å². The molecule has 0 radical (unpaired) electrons. The minimum absolute atomic E-state index is 0.872. The lowest BCUT2D eigenvalue weighted by Gasteiger charge is -2.31. The highest BCUT2D eigenvalue weighted by Gasteiger charge is 2.48. The lowest BCUT2D eigenvalue weighted by atomic mass is 9.91. The first-order valence-electron chi connectivity index (χ1n) is 20.7. The predicted molar refractivity (Wildman–Crippen MR) is 254 cm³/mol. The molecule has 5 heteroatoms. The minimum atomic E-state index is -2.68. The zero-order valence-corrected chi connectivity index (χ0v) is 34.1. The molecule has 7 aromatic carbocycles. The number of hydrogen-bond acceptors (Lipinski definition) is 4. The molecule has 0 aliphatic carbocycles. The molecule has 0 saturated heterocycles. The van der Waals surface area contributed by atoms with Crippen LogP contribution in [0.4, 0.5) is 0 Å². The van der Waals surface area contributed by atoms with Gasteiger partial charge in [-0.25, -0.2) is 0 Å². The lowest BCUT2D eigenvalue weighted by Crippen LogP contribution is -2.72. The zero-order valence-electron chi connectivity index (χ0n) is 33.1. The summed E-state index contributed by atoms with van der Waals surface area (Å²) in [7, 11) is -2.68. The number of hydrogen-bond donors (Lipinski definition) is 0. The van der Waals surface area contributed by atoms with Crippen LogP contribution in [-0.2, 0) is 0 Å². The van der Waals surface area contributed by atoms with Crippen LogP contribution in [0.15, 0.2) is 219 Å². The van der Waals surface area contributed by atoms with Gasteiger partial charge in [-0.3, -0.25) is 19.9 Å². The molecule has 11 aromatic rings. The Morgan fingerprint density at radius 3 is 1.80 bits per heavy atom. The highest BCUT2D eigenvalue weighted by atomic mass is 28.3. The molecule has 0 bridgehead atoms. The van der Waals surface area contributed by atoms with Crippen LogP contribution < -0.4 is 20.7 Å². The van der Waals surface area contributed by atoms with Gasteiger partial charge in [0.2, 0.25) is 0 Å². The molecule has 0 saturated carbocycles. The van der Waals surface area contributed by atoms with Crippen molar-refractivity contribution in [3.8, 4) is 55.8 Å². The van der Waals surface area contributed by atoms with E-state index in [4.69, 9.17) is 15.0 Å². The Morgan fingerprint density at radius 2 is 0.984 bits per heavy atom. The Bertz CT molecular complexity index is 3430. The second-order valence-electron chi connectivity index (χ2n) is 15.8. The van der Waals surface area contributed by atoms with Gasteiger partial charge in [-0.2, -0.15) is 0 Å². The molecule has 284 valence electrons. The van der Waals surface area contributed by atoms with E-state index in [1.54, 1.807) is 0 Å². The fraction of sp³-hybridized carbons (Fsp3) is 0. The summed E-state index contributed by atoms with van der Waals surface area (Å²) in [4.78, 5) is 19.2. The average Bonchev–Trinajstić information content (AvgIpc) is 3.64. The number of pyridine rings is 4. The molecule has 0 atom stereocenters. The monoisotopic (exact) mass is 792 g/mol. The molecule has 12 rings (SSSR count). The molecule has 5 heterocycles. The second kappa shape index (κ2) is 14.2. The first kappa shape index (κ1) is 35.1. The van der Waals surface area contributed by atoms with Gasteiger partial charge in [0, 0.05) is 52.1 Å². The third-order valence-corrected chi connectivity index (χ3v) is 17.4. The first-order valence-corrected chi connectivity index (χ1v) is 22.7. The Balaban J connectivity index is 1.03. The smallest absolute Gasteiger partial charge is 0.180 e. The van der Waals surface area contributed by atoms with Gasteiger partial charge < -0.3 is 0 Å². The largest absolute Gasteiger partial charge is 0.256 e. The summed E-state index contributed by atoms with van der Waals surface area (Å²) in [5, 5.41) is 8.88. The Hall–Kier alpha value is -7.86. The van der Waals surface area contributed by atoms with Crippen LogP contribution in [0.1, 0.15) is 0 Å². The maximum atomic E-state index is 5.05. The Kier molecular flexibility index (Phi) is 8.15. The van der Waals surface area contributed by atoms with E-state index < -0.39 is 8.07 Å². The molecular weight excluding hydrogens is 757 g/mol. The number of fused-ring (bicyclic) bond motifs is 7. The summed E-state index contributed by atoms with van der Waals surface area (Å²) in [6.45, 7) is 0. The Morgan fingerprint density at radius 1 is 0.328 bits per heavy atom. The van der Waals surface area contributed by atoms with E-state index in [1.165, 1.54) is 37.4 Å². The zero-order chi connectivity index (χ0) is 40.3. The number of benzene rings is 7. The normalized spacial score (nSPS) is 12.7. The number of aromatic nitrogens is 4. The van der Waals surface area contributed by atoms with Crippen LogP contribution >= 0.6 is 0 Å². The predicted octanol–water partition coefficient (Wildman–Crippen LogP) is 10.8. The van der Waals surface area contributed by atoms with E-state index >= 15 is 0 Å². The van der Waals surface area contributed by atoms with Gasteiger partial charge in [0.05, 0.1) is 22.2 Å². The topological polar surface area (TPSA) is 51.6 Å². The van der Waals surface area contributed by atoms with Crippen LogP contribution in [0.2, 0.25) is 0 Å². The maximum absolute atomic E-state index is 5.05. The van der Waals surface area contributed by atoms with Crippen molar-refractivity contribution in [1.82, 2.24) is 19.9 Å². The van der Waals surface area contributed by atoms with Gasteiger partial charge in [-0.1, -0.05) is 146 Å². The molecule has 0 spiro atoms. The van der Waals surface area contributed by atoms with Crippen molar-refractivity contribution in [3.63, 3.8) is 0 Å². The SMILES string of the molecule is c1ccc([Si]2(c3ccccc3)c3ccccc3-c3ccc(-c4cc(-c5ccc(-c6cnc7c(ccc8cccnc87)c6)nc5)cc(-c5cccc6ncccc56)c4)cc32)cc1. The van der Waals surface area contributed by atoms with Crippen LogP contribution in [0.3, 0.4) is 0 Å². The molecule has 1 aliphatic heterocycles. The van der Waals surface area contributed by atoms with Crippen molar-refractivity contribution in [2.24, 2.45) is 0 Å². The highest BCUT2D eigenvalue weighted by Crippen LogP contribution is 2.38. The van der Waals surface area contributed by atoms with E-state index in [2.05, 4.69) is 187 Å². The quantitative estimate of drug-likeness (QED) is 0.124. The van der Waals surface area contributed by atoms with Gasteiger partial charge in [-0.15, -0.1) is 0 Å². The van der Waals surface area contributed by atoms with Crippen LogP contribution in [0, 0.1) is 0 Å². The summed E-state index contributed by atoms with van der Waals surface area (Å²) in [5.74, 6) is 0. The van der Waals surface area contributed by atoms with Crippen molar-refractivity contribution in [2.75, 3.05) is 0 Å². The molecule has 61 heavy (non-hydrogen) atoms. The molecular formula is C56H36N4Si. The minimum Gasteiger partial charge on any atom is -0.256 e. The average molecular weight is 793 g/mol. The molecule has 0 N–H and O–H groups in total. The highest BCUT2D eigenvalue weighted by molar-refractivity contribution is 7.22. The van der Waals surface area contributed by atoms with E-state index in [-0.39, 0.29) is 0 Å². The first-order chi connectivity index (χ1) is 30.2. The van der Waals surface area contributed by atoms with Crippen molar-refractivity contribution < 1.29 is 0 Å². The molecule has 4 aromatic heterocycles. The molecule has 1 aliphatic rings. The third-order valence-electron chi connectivity index (χ3n) is 12.5. The van der Waals surface area contributed by atoms with E-state index in [0.717, 1.165) is 71.8 Å². The van der Waals surface area contributed by atoms with Gasteiger partial charge in [0.25, 0.3) is 0 Å². The lowest BCUT2D eigenvalue weighted by molar-refractivity contribution is 1.30. The number of rotatable bonds is 6. The molecule has 0 amide bonds. The van der Waals surface area contributed by atoms with Gasteiger partial charge in [0.15, 0.2) is 8.07 Å². The maximum Gasteiger partial charge on any atom is 0.180 e. The summed E-state index contributed by atoms with van der Waals surface area (Å²) < 4.78 is 0. The van der Waals surface area contributed by atoms with E-state index in [1.807, 2.05) is 36.9 Å². The number of nitrogens with zero attached hydrogens (tertiary/aromatic N) is 4. The van der Waals surface area contributed by atoms with Crippen LogP contribution in [0.5, 0.6) is 0 Å². The standard InChI is InChI=1S/C56H36N4Si/c1-3-13-45(14-4-1)61(46-15-5-2-6-16-46)53-21-8-7-17-49(53)50-26-24-38(34-54(50)61)41-31-42(33-43(32-41)47-18-9-20-52-48(47)19-11-28-57-52)40-25-27-51(59-35-40)44-30-39-23-22-37-12-10-29-58-55(37)56(39)60-36-44/h1-36H. The third kappa shape index (κ3) is 5.66. The van der Waals surface area contributed by atoms with Crippen molar-refractivity contribution in [1.29, 1.82) is 0 Å². The van der Waals surface area contributed by atoms with E-state index in [9.17, 15) is 0 Å². The van der Waals surface area contributed by atoms with Gasteiger partial charge in [-0.05, 0) is 108 Å². The van der Waals surface area contributed by atoms with E-state index in [0.29, 0.717) is 0 Å². The molecule has 4 nitrogen and oxygen atoms in total. The summed E-state index contributed by atoms with van der Waals surface area (Å²) >= 11 is 0. The van der Waals surface area contributed by atoms with Crippen molar-refractivity contribution in [2.45, 2.75) is 0 Å². The molecule has 0 fully saturated rings. The van der Waals surface area contributed by atoms with Crippen LogP contribution in [0.25, 0.3) is 88.5 Å². The van der Waals surface area contributed by atoms with Gasteiger partial charge in [0.1, 0.15) is 0 Å². The second-order valence-corrected chi connectivity index (χ2v) is 19.6. The van der Waals surface area contributed by atoms with Gasteiger partial charge >= 0.3 is 0 Å². The summed E-state index contributed by atoms with van der Waals surface area (Å²) in [6.07, 6.45) is 7.59. The van der Waals surface area contributed by atoms with Crippen molar-refractivity contribution in [3.05, 3.63) is 219 Å². The summed E-state index contributed by atoms with van der Waals surface area (Å²) in [6, 6.07) is 71.0. The van der Waals surface area contributed by atoms with Crippen molar-refractivity contribution >= 4 is 61.5 Å². The fourth-order valence-electron chi connectivity index (χ4n) is 9.71. The molecule has 0 unspecified atom stereocenters. The fourth-order valence-corrected chi connectivity index (χ4v) is 14.9.